The van der Waals surface area contributed by atoms with E-state index in [1.807, 2.05) is 31.2 Å². The summed E-state index contributed by atoms with van der Waals surface area (Å²) in [5, 5.41) is 0. The average Bonchev–Trinajstić information content (AvgIpc) is 2.69. The Balaban J connectivity index is 1.74. The maximum Gasteiger partial charge on any atom is 0.142 e. The second-order valence-corrected chi connectivity index (χ2v) is 7.69. The summed E-state index contributed by atoms with van der Waals surface area (Å²) in [6.07, 6.45) is 10.5. The lowest BCUT2D eigenvalue weighted by Gasteiger charge is -2.27. The van der Waals surface area contributed by atoms with E-state index in [1.165, 1.54) is 17.7 Å². The maximum atomic E-state index is 14.6. The summed E-state index contributed by atoms with van der Waals surface area (Å²) in [5.41, 5.74) is 2.65. The molecule has 0 unspecified atom stereocenters. The second-order valence-electron chi connectivity index (χ2n) is 7.69. The van der Waals surface area contributed by atoms with Gasteiger partial charge in [0.05, 0.1) is 5.56 Å². The molecule has 0 nitrogen and oxygen atoms in total. The van der Waals surface area contributed by atoms with Crippen molar-refractivity contribution in [2.24, 2.45) is 5.92 Å². The van der Waals surface area contributed by atoms with Gasteiger partial charge in [-0.25, -0.2) is 8.78 Å². The largest absolute Gasteiger partial charge is 0.206 e. The number of aryl methyl sites for hydroxylation is 1. The summed E-state index contributed by atoms with van der Waals surface area (Å²) < 4.78 is 29.2. The maximum absolute atomic E-state index is 14.6. The normalized spacial score (nSPS) is 19.4. The van der Waals surface area contributed by atoms with Gasteiger partial charge in [-0.15, -0.1) is 0 Å². The summed E-state index contributed by atoms with van der Waals surface area (Å²) >= 11 is 0. The van der Waals surface area contributed by atoms with Crippen LogP contribution in [0.15, 0.2) is 48.6 Å². The SMILES string of the molecule is C/C=C/C1CCC(c2cc(F)c(C#Cc3ccc(CCC)cc3)c(F)c2)CC1. The third-order valence-electron chi connectivity index (χ3n) is 5.60. The molecule has 3 rings (SSSR count). The molecular weight excluding hydrogens is 350 g/mol. The number of halogens is 2. The van der Waals surface area contributed by atoms with Crippen LogP contribution in [0.1, 0.15) is 74.1 Å². The number of rotatable bonds is 4. The van der Waals surface area contributed by atoms with Crippen molar-refractivity contribution in [1.29, 1.82) is 0 Å². The lowest BCUT2D eigenvalue weighted by atomic mass is 9.78. The molecule has 0 bridgehead atoms. The van der Waals surface area contributed by atoms with E-state index < -0.39 is 11.6 Å². The molecule has 0 aromatic heterocycles. The summed E-state index contributed by atoms with van der Waals surface area (Å²) in [7, 11) is 0. The molecule has 2 heteroatoms. The molecule has 0 spiro atoms. The zero-order chi connectivity index (χ0) is 19.9. The summed E-state index contributed by atoms with van der Waals surface area (Å²) in [6.45, 7) is 4.17. The molecule has 0 aliphatic heterocycles. The zero-order valence-corrected chi connectivity index (χ0v) is 16.8. The van der Waals surface area contributed by atoms with Crippen molar-refractivity contribution in [1.82, 2.24) is 0 Å². The van der Waals surface area contributed by atoms with Crippen molar-refractivity contribution in [3.05, 3.63) is 82.4 Å². The lowest BCUT2D eigenvalue weighted by Crippen LogP contribution is -2.12. The van der Waals surface area contributed by atoms with Gasteiger partial charge in [0.15, 0.2) is 0 Å². The number of hydrogen-bond acceptors (Lipinski definition) is 0. The topological polar surface area (TPSA) is 0 Å². The fourth-order valence-corrected chi connectivity index (χ4v) is 4.04. The first-order valence-corrected chi connectivity index (χ1v) is 10.3. The van der Waals surface area contributed by atoms with Crippen LogP contribution in [0.4, 0.5) is 8.78 Å². The van der Waals surface area contributed by atoms with Crippen molar-refractivity contribution in [2.45, 2.75) is 58.3 Å². The minimum atomic E-state index is -0.555. The molecule has 1 aliphatic carbocycles. The zero-order valence-electron chi connectivity index (χ0n) is 16.8. The van der Waals surface area contributed by atoms with E-state index in [0.29, 0.717) is 5.92 Å². The van der Waals surface area contributed by atoms with Gasteiger partial charge in [0, 0.05) is 5.56 Å². The molecule has 0 saturated heterocycles. The Morgan fingerprint density at radius 2 is 1.61 bits per heavy atom. The van der Waals surface area contributed by atoms with Gasteiger partial charge in [-0.1, -0.05) is 49.5 Å². The lowest BCUT2D eigenvalue weighted by molar-refractivity contribution is 0.374. The fraction of sp³-hybridized carbons (Fsp3) is 0.385. The van der Waals surface area contributed by atoms with Crippen LogP contribution in [0, 0.1) is 29.4 Å². The molecule has 0 heterocycles. The molecule has 1 aliphatic rings. The van der Waals surface area contributed by atoms with Gasteiger partial charge in [0.2, 0.25) is 0 Å². The third-order valence-corrected chi connectivity index (χ3v) is 5.60. The van der Waals surface area contributed by atoms with Crippen LogP contribution in [-0.2, 0) is 6.42 Å². The Labute approximate surface area is 167 Å². The summed E-state index contributed by atoms with van der Waals surface area (Å²) in [6, 6.07) is 10.8. The van der Waals surface area contributed by atoms with Crippen molar-refractivity contribution in [3.63, 3.8) is 0 Å². The predicted octanol–water partition coefficient (Wildman–Crippen LogP) is 7.17. The monoisotopic (exact) mass is 378 g/mol. The van der Waals surface area contributed by atoms with Crippen LogP contribution in [0.2, 0.25) is 0 Å². The van der Waals surface area contributed by atoms with Crippen LogP contribution >= 0.6 is 0 Å². The van der Waals surface area contributed by atoms with Crippen LogP contribution in [0.5, 0.6) is 0 Å². The highest BCUT2D eigenvalue weighted by Gasteiger charge is 2.22. The molecule has 0 atom stereocenters. The average molecular weight is 379 g/mol. The van der Waals surface area contributed by atoms with Gasteiger partial charge in [-0.3, -0.25) is 0 Å². The van der Waals surface area contributed by atoms with Crippen molar-refractivity contribution >= 4 is 0 Å². The number of benzene rings is 2. The van der Waals surface area contributed by atoms with Crippen LogP contribution in [0.3, 0.4) is 0 Å². The van der Waals surface area contributed by atoms with Gasteiger partial charge in [0.1, 0.15) is 11.6 Å². The Morgan fingerprint density at radius 3 is 2.18 bits per heavy atom. The van der Waals surface area contributed by atoms with E-state index in [-0.39, 0.29) is 11.5 Å². The Bertz CT molecular complexity index is 850. The number of allylic oxidation sites excluding steroid dienone is 2. The molecule has 0 radical (unpaired) electrons. The smallest absolute Gasteiger partial charge is 0.142 e. The molecule has 28 heavy (non-hydrogen) atoms. The van der Waals surface area contributed by atoms with Gasteiger partial charge in [-0.2, -0.15) is 0 Å². The molecule has 1 fully saturated rings. The second kappa shape index (κ2) is 9.69. The van der Waals surface area contributed by atoms with Gasteiger partial charge in [0.25, 0.3) is 0 Å². The molecule has 0 amide bonds. The van der Waals surface area contributed by atoms with Gasteiger partial charge >= 0.3 is 0 Å². The van der Waals surface area contributed by atoms with E-state index >= 15 is 0 Å². The van der Waals surface area contributed by atoms with E-state index in [2.05, 4.69) is 30.9 Å². The third kappa shape index (κ3) is 5.10. The van der Waals surface area contributed by atoms with Crippen LogP contribution in [-0.4, -0.2) is 0 Å². The first-order valence-electron chi connectivity index (χ1n) is 10.3. The predicted molar refractivity (Wildman–Crippen MR) is 112 cm³/mol. The van der Waals surface area contributed by atoms with E-state index in [9.17, 15) is 8.78 Å². The van der Waals surface area contributed by atoms with Crippen LogP contribution < -0.4 is 0 Å². The summed E-state index contributed by atoms with van der Waals surface area (Å²) in [4.78, 5) is 0. The minimum Gasteiger partial charge on any atom is -0.206 e. The fourth-order valence-electron chi connectivity index (χ4n) is 4.04. The van der Waals surface area contributed by atoms with Gasteiger partial charge < -0.3 is 0 Å². The molecule has 146 valence electrons. The van der Waals surface area contributed by atoms with E-state index in [4.69, 9.17) is 0 Å². The van der Waals surface area contributed by atoms with Gasteiger partial charge in [-0.05, 0) is 86.3 Å². The quantitative estimate of drug-likeness (QED) is 0.391. The van der Waals surface area contributed by atoms with Crippen molar-refractivity contribution in [3.8, 4) is 11.8 Å². The van der Waals surface area contributed by atoms with Crippen molar-refractivity contribution < 1.29 is 8.78 Å². The molecule has 2 aromatic carbocycles. The number of hydrogen-bond donors (Lipinski definition) is 0. The first kappa shape index (κ1) is 20.3. The Kier molecular flexibility index (Phi) is 7.04. The minimum absolute atomic E-state index is 0.135. The molecule has 1 saturated carbocycles. The van der Waals surface area contributed by atoms with E-state index in [0.717, 1.165) is 49.7 Å². The Morgan fingerprint density at radius 1 is 0.964 bits per heavy atom. The highest BCUT2D eigenvalue weighted by molar-refractivity contribution is 5.46. The molecule has 0 N–H and O–H groups in total. The highest BCUT2D eigenvalue weighted by atomic mass is 19.1. The summed E-state index contributed by atoms with van der Waals surface area (Å²) in [5.74, 6) is 5.31. The highest BCUT2D eigenvalue weighted by Crippen LogP contribution is 2.37. The van der Waals surface area contributed by atoms with E-state index in [1.54, 1.807) is 0 Å². The first-order chi connectivity index (χ1) is 13.6. The molecule has 2 aromatic rings. The van der Waals surface area contributed by atoms with Crippen molar-refractivity contribution in [2.75, 3.05) is 0 Å². The standard InChI is InChI=1S/C26H28F2/c1-3-5-19-7-9-21(10-8-19)13-16-24-25(27)17-23(18-26(24)28)22-14-11-20(6-4-2)12-15-22/h4,6-10,17-18,20,22H,3,5,11-12,14-15H2,1-2H3/b6-4+. The molecular formula is C26H28F2. The Hall–Kier alpha value is -2.40. The van der Waals surface area contributed by atoms with Crippen LogP contribution in [0.25, 0.3) is 0 Å².